The third-order valence-corrected chi connectivity index (χ3v) is 24.6. The topological polar surface area (TPSA) is 326 Å². The minimum Gasteiger partial charge on any atom is -0.497 e. The highest BCUT2D eigenvalue weighted by Gasteiger charge is 2.53. The number of anilines is 2. The van der Waals surface area contributed by atoms with E-state index >= 15 is 4.79 Å². The number of ether oxygens (including phenoxy) is 13. The molecule has 4 N–H and O–H groups in total. The predicted molar refractivity (Wildman–Crippen MR) is 417 cm³/mol. The van der Waals surface area contributed by atoms with E-state index in [0.717, 1.165) is 22.3 Å². The third kappa shape index (κ3) is 20.6. The van der Waals surface area contributed by atoms with E-state index < -0.39 is 125 Å². The van der Waals surface area contributed by atoms with E-state index in [0.29, 0.717) is 29.9 Å². The average Bonchev–Trinajstić information content (AvgIpc) is 1.58. The van der Waals surface area contributed by atoms with Crippen LogP contribution < -0.4 is 47.7 Å². The number of carboxylic acid groups (broad SMARTS) is 1. The van der Waals surface area contributed by atoms with Crippen molar-refractivity contribution in [3.8, 4) is 58.3 Å². The number of terminal acetylenes is 1. The number of aliphatic hydroxyl groups excluding tert-OH is 3. The van der Waals surface area contributed by atoms with Crippen LogP contribution >= 0.6 is 69.6 Å². The van der Waals surface area contributed by atoms with Gasteiger partial charge in [0.1, 0.15) is 74.3 Å². The first-order chi connectivity index (χ1) is 53.0. The Hall–Kier alpha value is -8.32. The van der Waals surface area contributed by atoms with E-state index in [4.69, 9.17) is 142 Å². The number of nitrogens with zero attached hydrogens (tertiary/aromatic N) is 4. The normalized spacial score (nSPS) is 21.0. The molecule has 35 heteroatoms. The number of aliphatic hydroxyl groups is 3. The quantitative estimate of drug-likeness (QED) is 0.00828. The van der Waals surface area contributed by atoms with E-state index in [-0.39, 0.29) is 123 Å². The Kier molecular flexibility index (Phi) is 28.3. The molecule has 10 rings (SSSR count). The molecule has 1 saturated heterocycles. The Morgan fingerprint density at radius 3 is 1.67 bits per heavy atom. The molecule has 0 spiro atoms. The minimum absolute atomic E-state index is 0.00306. The Morgan fingerprint density at radius 1 is 0.598 bits per heavy atom. The summed E-state index contributed by atoms with van der Waals surface area (Å²) in [6.45, 7) is 10.7. The monoisotopic (exact) mass is 1690 g/mol. The number of carboxylic acids is 1. The van der Waals surface area contributed by atoms with Crippen LogP contribution in [-0.4, -0.2) is 211 Å². The lowest BCUT2D eigenvalue weighted by Crippen LogP contribution is -2.61. The number of methoxy groups -OCH3 is 3. The number of aliphatic carboxylic acids is 1. The van der Waals surface area contributed by atoms with Crippen LogP contribution in [0.5, 0.6) is 46.0 Å². The van der Waals surface area contributed by atoms with Crippen molar-refractivity contribution < 1.29 is 115 Å². The fourth-order valence-corrected chi connectivity index (χ4v) is 14.3. The van der Waals surface area contributed by atoms with Crippen molar-refractivity contribution in [2.75, 3.05) is 84.0 Å². The van der Waals surface area contributed by atoms with E-state index in [1.165, 1.54) is 66.5 Å². The summed E-state index contributed by atoms with van der Waals surface area (Å²) in [6, 6.07) is 22.8. The molecule has 0 bridgehead atoms. The molecule has 5 aliphatic heterocycles. The molecular formula is C77H86Cl6N4O24Si. The second-order valence-electron chi connectivity index (χ2n) is 28.0. The number of halogens is 6. The fourth-order valence-electron chi connectivity index (χ4n) is 12.7. The number of amides is 4. The van der Waals surface area contributed by atoms with Gasteiger partial charge in [0.25, 0.3) is 11.8 Å². The van der Waals surface area contributed by atoms with Gasteiger partial charge in [-0.05, 0) is 115 Å². The summed E-state index contributed by atoms with van der Waals surface area (Å²) < 4.78 is 78.2. The van der Waals surface area contributed by atoms with E-state index in [1.54, 1.807) is 48.4 Å². The summed E-state index contributed by atoms with van der Waals surface area (Å²) in [5.74, 6) is 1.19. The zero-order chi connectivity index (χ0) is 81.3. The van der Waals surface area contributed by atoms with Crippen molar-refractivity contribution in [2.24, 2.45) is 0 Å². The number of esters is 1. The van der Waals surface area contributed by atoms with Crippen LogP contribution in [0.3, 0.4) is 0 Å². The van der Waals surface area contributed by atoms with Gasteiger partial charge in [-0.2, -0.15) is 0 Å². The molecule has 4 amide bonds. The van der Waals surface area contributed by atoms with Gasteiger partial charge in [0.05, 0.1) is 81.8 Å². The van der Waals surface area contributed by atoms with Gasteiger partial charge in [0.15, 0.2) is 43.6 Å². The van der Waals surface area contributed by atoms with Crippen molar-refractivity contribution in [1.29, 1.82) is 0 Å². The second kappa shape index (κ2) is 36.9. The van der Waals surface area contributed by atoms with E-state index in [2.05, 4.69) is 5.92 Å². The highest BCUT2D eigenvalue weighted by Crippen LogP contribution is 2.49. The fraction of sp³-hybridized carbons (Fsp3) is 0.455. The lowest BCUT2D eigenvalue weighted by atomic mass is 9.98. The molecule has 112 heavy (non-hydrogen) atoms. The maximum Gasteiger partial charge on any atom is 0.416 e. The van der Waals surface area contributed by atoms with Crippen molar-refractivity contribution >= 4 is 136 Å². The molecule has 1 fully saturated rings. The van der Waals surface area contributed by atoms with Crippen molar-refractivity contribution in [1.82, 2.24) is 9.80 Å². The van der Waals surface area contributed by atoms with Gasteiger partial charge >= 0.3 is 24.1 Å². The summed E-state index contributed by atoms with van der Waals surface area (Å²) in [4.78, 5) is 89.5. The van der Waals surface area contributed by atoms with Crippen molar-refractivity contribution in [3.05, 3.63) is 131 Å². The molecule has 0 aliphatic carbocycles. The molecule has 5 aliphatic rings. The highest BCUT2D eigenvalue weighted by molar-refractivity contribution is 6.74. The number of carbonyl (C=O) groups excluding carboxylic acids is 5. The maximum absolute atomic E-state index is 15.4. The lowest BCUT2D eigenvalue weighted by Gasteiger charge is -2.44. The molecule has 5 aromatic rings. The van der Waals surface area contributed by atoms with Crippen LogP contribution in [0.4, 0.5) is 21.0 Å². The summed E-state index contributed by atoms with van der Waals surface area (Å²) in [6.07, 6.45) is -2.28. The standard InChI is InChI=1S/C77H86Cl6N4O24Si/c1-11-25-103-58-33-51(109-72-66(91)64(89)65(90)67(110-72)71(94)95)24-19-46(58)40-106-63(88)14-12-26-101-29-30-102-50-22-17-45(18-23-50)48-32-57-70(111-112(9,10)75(3,4)5)87(74(97)108-42-77(81,82)83)56-37-62(60(100-8)35-53(56)69(93)85(57)39-48)105-28-13-27-104-61-36-55-52(34-59(61)99-7)68(92)84-38-47(44-15-20-49(98-6)21-16-44)31-54(84)43(2)86(55)73(96)107-41-76(78,79)80/h1,15-24,33-39,43,54,57,64-67,70,72,89-91H,12-14,25-32,40-42H2,2-10H3,(H,94,95)/t43-,54?,57?,64+,65+,66-,67+,70-,72-/m1/s1. The van der Waals surface area contributed by atoms with Gasteiger partial charge in [0, 0.05) is 55.6 Å². The Morgan fingerprint density at radius 2 is 1.13 bits per heavy atom. The molecule has 5 aromatic carbocycles. The number of alkyl halides is 6. The average molecular weight is 1690 g/mol. The molecule has 0 saturated carbocycles. The van der Waals surface area contributed by atoms with Gasteiger partial charge < -0.3 is 96.2 Å². The van der Waals surface area contributed by atoms with Gasteiger partial charge in [-0.15, -0.1) is 6.42 Å². The number of hydrogen-bond acceptors (Lipinski definition) is 23. The first-order valence-corrected chi connectivity index (χ1v) is 40.6. The van der Waals surface area contributed by atoms with Crippen LogP contribution in [0.15, 0.2) is 103 Å². The van der Waals surface area contributed by atoms with Gasteiger partial charge in [-0.25, -0.2) is 19.3 Å². The number of rotatable bonds is 30. The Balaban J connectivity index is 0.799. The summed E-state index contributed by atoms with van der Waals surface area (Å²) in [5.41, 5.74) is 3.88. The smallest absolute Gasteiger partial charge is 0.416 e. The molecule has 2 unspecified atom stereocenters. The summed E-state index contributed by atoms with van der Waals surface area (Å²) in [5, 5.41) is 39.6. The van der Waals surface area contributed by atoms with Crippen LogP contribution in [0.2, 0.25) is 18.1 Å². The molecule has 5 heterocycles. The zero-order valence-corrected chi connectivity index (χ0v) is 68.0. The molecule has 9 atom stereocenters. The molecular weight excluding hydrogens is 1610 g/mol. The summed E-state index contributed by atoms with van der Waals surface area (Å²) >= 11 is 36.8. The van der Waals surface area contributed by atoms with E-state index in [9.17, 15) is 44.4 Å². The highest BCUT2D eigenvalue weighted by atomic mass is 35.6. The van der Waals surface area contributed by atoms with Crippen LogP contribution in [0.25, 0.3) is 11.1 Å². The zero-order valence-electron chi connectivity index (χ0n) is 62.5. The first-order valence-electron chi connectivity index (χ1n) is 35.4. The third-order valence-electron chi connectivity index (χ3n) is 19.5. The SMILES string of the molecule is C#CCOc1cc(O[C@@H]2O[C@H](C(=O)O)[C@@H](O)[C@H](O)[C@H]2O)ccc1COC(=O)CCCOCCOc1ccc(C2=CN3C(=O)c4cc(OC)c(OCCCOc5cc6c(cc5OC)C(=O)N5C=C(c7ccc(OC)cc7)CC5[C@@H](C)N6C(=O)OCC(Cl)(Cl)Cl)cc4N(C(=O)OCC(Cl)(Cl)Cl)[C@H](O[Si](C)(C)C(C)(C)C)C3C2)cc1. The second-order valence-corrected chi connectivity index (χ2v) is 37.8. The number of carbonyl (C=O) groups is 6. The van der Waals surface area contributed by atoms with Crippen molar-refractivity contribution in [3.63, 3.8) is 0 Å². The van der Waals surface area contributed by atoms with Crippen molar-refractivity contribution in [2.45, 2.75) is 147 Å². The lowest BCUT2D eigenvalue weighted by molar-refractivity contribution is -0.271. The minimum atomic E-state index is -2.91. The first kappa shape index (κ1) is 86.1. The Labute approximate surface area is 678 Å². The van der Waals surface area contributed by atoms with Gasteiger partial charge in [-0.3, -0.25) is 19.3 Å². The summed E-state index contributed by atoms with van der Waals surface area (Å²) in [7, 11) is 1.47. The molecule has 0 radical (unpaired) electrons. The van der Waals surface area contributed by atoms with Gasteiger partial charge in [0.2, 0.25) is 13.9 Å². The molecule has 28 nitrogen and oxygen atoms in total. The number of benzene rings is 5. The van der Waals surface area contributed by atoms with Gasteiger partial charge in [-0.1, -0.05) is 121 Å². The molecule has 0 aromatic heterocycles. The van der Waals surface area contributed by atoms with Crippen LogP contribution in [0, 0.1) is 12.3 Å². The van der Waals surface area contributed by atoms with Crippen LogP contribution in [0.1, 0.15) is 97.2 Å². The Bertz CT molecular complexity index is 4360. The number of fused-ring (bicyclic) bond motifs is 4. The van der Waals surface area contributed by atoms with E-state index in [1.807, 2.05) is 70.3 Å². The predicted octanol–water partition coefficient (Wildman–Crippen LogP) is 12.7. The maximum atomic E-state index is 15.4. The molecule has 604 valence electrons. The van der Waals surface area contributed by atoms with Crippen LogP contribution in [-0.2, 0) is 44.3 Å². The number of hydrogen-bond donors (Lipinski definition) is 4. The largest absolute Gasteiger partial charge is 0.497 e.